The van der Waals surface area contributed by atoms with Gasteiger partial charge in [-0.05, 0) is 25.0 Å². The molecule has 0 fully saturated rings. The molecule has 2 N–H and O–H groups in total. The maximum atomic E-state index is 12.2. The minimum absolute atomic E-state index is 0.0500. The second-order valence-electron chi connectivity index (χ2n) is 4.62. The van der Waals surface area contributed by atoms with Crippen LogP contribution in [0.25, 0.3) is 0 Å². The van der Waals surface area contributed by atoms with Gasteiger partial charge in [-0.2, -0.15) is 0 Å². The van der Waals surface area contributed by atoms with Gasteiger partial charge in [0.25, 0.3) is 0 Å². The van der Waals surface area contributed by atoms with Crippen molar-refractivity contribution in [1.29, 1.82) is 0 Å². The molecule has 1 rings (SSSR count). The van der Waals surface area contributed by atoms with Gasteiger partial charge in [-0.15, -0.1) is 0 Å². The van der Waals surface area contributed by atoms with Gasteiger partial charge in [-0.3, -0.25) is 14.4 Å². The van der Waals surface area contributed by atoms with Crippen LogP contribution >= 0.6 is 0 Å². The number of benzene rings is 1. The molecule has 1 aromatic rings. The fourth-order valence-corrected chi connectivity index (χ4v) is 1.88. The first-order chi connectivity index (χ1) is 9.93. The number of hydrogen-bond acceptors (Lipinski definition) is 4. The summed E-state index contributed by atoms with van der Waals surface area (Å²) in [5.41, 5.74) is 0.811. The van der Waals surface area contributed by atoms with Crippen LogP contribution in [-0.2, 0) is 9.59 Å². The normalized spacial score (nSPS) is 10.0. The molecule has 0 atom stereocenters. The highest BCUT2D eigenvalue weighted by atomic mass is 16.5. The number of nitrogens with one attached hydrogen (secondary N) is 1. The van der Waals surface area contributed by atoms with Gasteiger partial charge >= 0.3 is 5.97 Å². The lowest BCUT2D eigenvalue weighted by Gasteiger charge is -2.11. The van der Waals surface area contributed by atoms with Crippen LogP contribution in [0.5, 0.6) is 5.75 Å². The molecule has 0 aromatic heterocycles. The molecule has 0 saturated heterocycles. The Balaban J connectivity index is 2.77. The highest BCUT2D eigenvalue weighted by Gasteiger charge is 2.13. The van der Waals surface area contributed by atoms with Crippen LogP contribution in [0.15, 0.2) is 18.2 Å². The van der Waals surface area contributed by atoms with Crippen LogP contribution in [0.3, 0.4) is 0 Å². The lowest BCUT2D eigenvalue weighted by molar-refractivity contribution is -0.137. The van der Waals surface area contributed by atoms with E-state index < -0.39 is 5.97 Å². The Kier molecular flexibility index (Phi) is 6.39. The third kappa shape index (κ3) is 5.64. The molecular weight excluding hydrogens is 274 g/mol. The number of ether oxygens (including phenoxy) is 1. The molecule has 0 heterocycles. The number of aliphatic carboxylic acids is 1. The Labute approximate surface area is 123 Å². The van der Waals surface area contributed by atoms with Crippen LogP contribution in [0, 0.1) is 0 Å². The fraction of sp³-hybridized carbons (Fsp3) is 0.400. The van der Waals surface area contributed by atoms with Crippen molar-refractivity contribution in [3.05, 3.63) is 23.8 Å². The topological polar surface area (TPSA) is 92.7 Å². The van der Waals surface area contributed by atoms with E-state index in [-0.39, 0.29) is 24.5 Å². The summed E-state index contributed by atoms with van der Waals surface area (Å²) in [5, 5.41) is 11.2. The summed E-state index contributed by atoms with van der Waals surface area (Å²) in [6.45, 7) is 1.36. The first-order valence-electron chi connectivity index (χ1n) is 6.64. The van der Waals surface area contributed by atoms with Gasteiger partial charge in [-0.25, -0.2) is 0 Å². The molecule has 21 heavy (non-hydrogen) atoms. The largest absolute Gasteiger partial charge is 0.497 e. The second kappa shape index (κ2) is 8.04. The zero-order chi connectivity index (χ0) is 15.8. The van der Waals surface area contributed by atoms with Gasteiger partial charge < -0.3 is 15.2 Å². The third-order valence-corrected chi connectivity index (χ3v) is 2.88. The SMILES string of the molecule is COc1ccc(C(=O)CCCCC(=O)O)c(NC(C)=O)c1. The van der Waals surface area contributed by atoms with Crippen molar-refractivity contribution in [3.63, 3.8) is 0 Å². The van der Waals surface area contributed by atoms with Gasteiger partial charge in [0.1, 0.15) is 5.75 Å². The Morgan fingerprint density at radius 1 is 1.19 bits per heavy atom. The summed E-state index contributed by atoms with van der Waals surface area (Å²) in [5.74, 6) is -0.734. The van der Waals surface area contributed by atoms with Crippen LogP contribution in [0.4, 0.5) is 5.69 Å². The average Bonchev–Trinajstić information content (AvgIpc) is 2.42. The van der Waals surface area contributed by atoms with Crippen LogP contribution in [0.1, 0.15) is 43.0 Å². The van der Waals surface area contributed by atoms with E-state index >= 15 is 0 Å². The van der Waals surface area contributed by atoms with Crippen LogP contribution < -0.4 is 10.1 Å². The summed E-state index contributed by atoms with van der Waals surface area (Å²) >= 11 is 0. The number of amides is 1. The molecule has 0 saturated carbocycles. The van der Waals surface area contributed by atoms with Gasteiger partial charge in [-0.1, -0.05) is 0 Å². The van der Waals surface area contributed by atoms with Crippen molar-refractivity contribution in [1.82, 2.24) is 0 Å². The molecule has 114 valence electrons. The van der Waals surface area contributed by atoms with E-state index in [4.69, 9.17) is 9.84 Å². The van der Waals surface area contributed by atoms with Crippen molar-refractivity contribution < 1.29 is 24.2 Å². The number of ketones is 1. The highest BCUT2D eigenvalue weighted by molar-refractivity contribution is 6.04. The first-order valence-corrected chi connectivity index (χ1v) is 6.64. The summed E-state index contributed by atoms with van der Waals surface area (Å²) in [4.78, 5) is 33.8. The monoisotopic (exact) mass is 293 g/mol. The molecule has 0 spiro atoms. The van der Waals surface area contributed by atoms with Crippen molar-refractivity contribution >= 4 is 23.3 Å². The first kappa shape index (κ1) is 16.7. The minimum Gasteiger partial charge on any atom is -0.497 e. The molecule has 1 amide bonds. The quantitative estimate of drug-likeness (QED) is 0.567. The Morgan fingerprint density at radius 3 is 2.43 bits per heavy atom. The average molecular weight is 293 g/mol. The number of rotatable bonds is 8. The fourth-order valence-electron chi connectivity index (χ4n) is 1.88. The molecule has 0 radical (unpaired) electrons. The third-order valence-electron chi connectivity index (χ3n) is 2.88. The highest BCUT2D eigenvalue weighted by Crippen LogP contribution is 2.24. The number of carboxylic acids is 1. The molecule has 6 heteroatoms. The Hall–Kier alpha value is -2.37. The van der Waals surface area contributed by atoms with Gasteiger partial charge in [0.2, 0.25) is 5.91 Å². The number of methoxy groups -OCH3 is 1. The molecule has 0 aliphatic heterocycles. The Morgan fingerprint density at radius 2 is 1.86 bits per heavy atom. The molecule has 0 bridgehead atoms. The van der Waals surface area contributed by atoms with Gasteiger partial charge in [0.05, 0.1) is 12.8 Å². The van der Waals surface area contributed by atoms with Crippen molar-refractivity contribution in [2.45, 2.75) is 32.6 Å². The van der Waals surface area contributed by atoms with Crippen molar-refractivity contribution in [2.75, 3.05) is 12.4 Å². The van der Waals surface area contributed by atoms with Crippen LogP contribution in [-0.4, -0.2) is 29.9 Å². The van der Waals surface area contributed by atoms with E-state index in [2.05, 4.69) is 5.32 Å². The maximum Gasteiger partial charge on any atom is 0.303 e. The van der Waals surface area contributed by atoms with E-state index in [1.165, 1.54) is 14.0 Å². The predicted molar refractivity (Wildman–Crippen MR) is 77.7 cm³/mol. The van der Waals surface area contributed by atoms with E-state index in [1.807, 2.05) is 0 Å². The van der Waals surface area contributed by atoms with E-state index in [1.54, 1.807) is 18.2 Å². The number of anilines is 1. The lowest BCUT2D eigenvalue weighted by Crippen LogP contribution is -2.11. The van der Waals surface area contributed by atoms with E-state index in [9.17, 15) is 14.4 Å². The number of Topliss-reactive ketones (excluding diaryl/α,β-unsaturated/α-hetero) is 1. The number of hydrogen-bond donors (Lipinski definition) is 2. The predicted octanol–water partition coefficient (Wildman–Crippen LogP) is 2.48. The number of unbranched alkanes of at least 4 members (excludes halogenated alkanes) is 1. The second-order valence-corrected chi connectivity index (χ2v) is 4.62. The summed E-state index contributed by atoms with van der Waals surface area (Å²) in [6, 6.07) is 4.84. The Bertz CT molecular complexity index is 539. The summed E-state index contributed by atoms with van der Waals surface area (Å²) in [7, 11) is 1.50. The molecule has 0 aliphatic carbocycles. The number of carbonyl (C=O) groups excluding carboxylic acids is 2. The zero-order valence-corrected chi connectivity index (χ0v) is 12.1. The summed E-state index contributed by atoms with van der Waals surface area (Å²) < 4.78 is 5.07. The van der Waals surface area contributed by atoms with Crippen molar-refractivity contribution in [2.24, 2.45) is 0 Å². The summed E-state index contributed by atoms with van der Waals surface area (Å²) in [6.07, 6.45) is 1.24. The standard InChI is InChI=1S/C15H19NO5/c1-10(17)16-13-9-11(21-2)7-8-12(13)14(18)5-3-4-6-15(19)20/h7-9H,3-6H2,1-2H3,(H,16,17)(H,19,20). The molecule has 0 aliphatic rings. The van der Waals surface area contributed by atoms with E-state index in [0.717, 1.165) is 0 Å². The van der Waals surface area contributed by atoms with Gasteiger partial charge in [0, 0.05) is 31.4 Å². The molecular formula is C15H19NO5. The van der Waals surface area contributed by atoms with E-state index in [0.29, 0.717) is 29.8 Å². The van der Waals surface area contributed by atoms with Crippen molar-refractivity contribution in [3.8, 4) is 5.75 Å². The number of carbonyl (C=O) groups is 3. The molecule has 0 unspecified atom stereocenters. The molecule has 1 aromatic carbocycles. The molecule has 6 nitrogen and oxygen atoms in total. The minimum atomic E-state index is -0.870. The number of carboxylic acid groups (broad SMARTS) is 1. The zero-order valence-electron chi connectivity index (χ0n) is 12.1. The lowest BCUT2D eigenvalue weighted by atomic mass is 10.0. The smallest absolute Gasteiger partial charge is 0.303 e. The van der Waals surface area contributed by atoms with Gasteiger partial charge in [0.15, 0.2) is 5.78 Å². The van der Waals surface area contributed by atoms with Crippen LogP contribution in [0.2, 0.25) is 0 Å². The maximum absolute atomic E-state index is 12.2.